The van der Waals surface area contributed by atoms with Gasteiger partial charge in [0.1, 0.15) is 4.99 Å². The molecule has 0 radical (unpaired) electrons. The van der Waals surface area contributed by atoms with Crippen molar-refractivity contribution in [1.82, 2.24) is 0 Å². The van der Waals surface area contributed by atoms with Gasteiger partial charge in [-0.2, -0.15) is 0 Å². The number of thiocarbonyl (C=S) groups is 1. The first-order valence-electron chi connectivity index (χ1n) is 6.13. The summed E-state index contributed by atoms with van der Waals surface area (Å²) in [7, 11) is 0. The lowest BCUT2D eigenvalue weighted by molar-refractivity contribution is 0.293. The third-order valence-electron chi connectivity index (χ3n) is 3.42. The zero-order chi connectivity index (χ0) is 12.5. The minimum atomic E-state index is 0.417. The number of anilines is 1. The number of hydrogen-bond acceptors (Lipinski definition) is 2. The van der Waals surface area contributed by atoms with Crippen LogP contribution in [0.4, 0.5) is 5.69 Å². The van der Waals surface area contributed by atoms with Crippen molar-refractivity contribution in [2.45, 2.75) is 26.7 Å². The Bertz CT molecular complexity index is 409. The third-order valence-corrected chi connectivity index (χ3v) is 3.65. The summed E-state index contributed by atoms with van der Waals surface area (Å²) in [6, 6.07) is 8.27. The van der Waals surface area contributed by atoms with Crippen molar-refractivity contribution in [2.75, 3.05) is 18.0 Å². The summed E-state index contributed by atoms with van der Waals surface area (Å²) in [6.07, 6.45) is 2.58. The molecule has 0 spiro atoms. The van der Waals surface area contributed by atoms with Gasteiger partial charge in [-0.3, -0.25) is 0 Å². The zero-order valence-electron chi connectivity index (χ0n) is 10.6. The minimum absolute atomic E-state index is 0.417. The highest BCUT2D eigenvalue weighted by Gasteiger charge is 2.26. The Morgan fingerprint density at radius 1 is 1.29 bits per heavy atom. The molecule has 1 aromatic carbocycles. The molecule has 0 aromatic heterocycles. The van der Waals surface area contributed by atoms with Crippen molar-refractivity contribution in [3.05, 3.63) is 29.8 Å². The fraction of sp³-hybridized carbons (Fsp3) is 0.500. The molecule has 1 aliphatic heterocycles. The predicted octanol–water partition coefficient (Wildman–Crippen LogP) is 2.95. The molecular weight excluding hydrogens is 228 g/mol. The fourth-order valence-corrected chi connectivity index (χ4v) is 2.62. The highest BCUT2D eigenvalue weighted by Crippen LogP contribution is 2.31. The first kappa shape index (κ1) is 12.4. The van der Waals surface area contributed by atoms with Crippen molar-refractivity contribution < 1.29 is 0 Å². The topological polar surface area (TPSA) is 29.3 Å². The second-order valence-electron chi connectivity index (χ2n) is 5.60. The van der Waals surface area contributed by atoms with Crippen molar-refractivity contribution in [3.63, 3.8) is 0 Å². The Hall–Kier alpha value is -1.09. The van der Waals surface area contributed by atoms with E-state index in [0.717, 1.165) is 18.7 Å². The molecule has 1 heterocycles. The summed E-state index contributed by atoms with van der Waals surface area (Å²) in [5, 5.41) is 0. The molecular formula is C14H20N2S. The fourth-order valence-electron chi connectivity index (χ4n) is 2.48. The molecule has 2 rings (SSSR count). The highest BCUT2D eigenvalue weighted by molar-refractivity contribution is 7.80. The molecule has 1 fully saturated rings. The molecule has 1 aromatic rings. The van der Waals surface area contributed by atoms with Crippen molar-refractivity contribution in [3.8, 4) is 0 Å². The van der Waals surface area contributed by atoms with Crippen LogP contribution in [0.1, 0.15) is 32.3 Å². The molecule has 17 heavy (non-hydrogen) atoms. The number of hydrogen-bond donors (Lipinski definition) is 1. The van der Waals surface area contributed by atoms with Gasteiger partial charge in [0.05, 0.1) is 0 Å². The molecule has 0 saturated carbocycles. The van der Waals surface area contributed by atoms with Crippen LogP contribution in [-0.4, -0.2) is 18.1 Å². The second-order valence-corrected chi connectivity index (χ2v) is 6.04. The maximum atomic E-state index is 5.60. The second kappa shape index (κ2) is 4.65. The average Bonchev–Trinajstić information content (AvgIpc) is 2.28. The molecule has 2 N–H and O–H groups in total. The summed E-state index contributed by atoms with van der Waals surface area (Å²) < 4.78 is 0. The summed E-state index contributed by atoms with van der Waals surface area (Å²) in [6.45, 7) is 6.94. The molecule has 0 amide bonds. The Balaban J connectivity index is 2.14. The van der Waals surface area contributed by atoms with E-state index in [1.807, 2.05) is 12.1 Å². The molecule has 1 saturated heterocycles. The zero-order valence-corrected chi connectivity index (χ0v) is 11.4. The van der Waals surface area contributed by atoms with Gasteiger partial charge in [-0.05, 0) is 42.5 Å². The molecule has 2 nitrogen and oxygen atoms in total. The molecule has 1 aliphatic rings. The Labute approximate surface area is 109 Å². The lowest BCUT2D eigenvalue weighted by Gasteiger charge is -2.39. The predicted molar refractivity (Wildman–Crippen MR) is 77.6 cm³/mol. The first-order valence-corrected chi connectivity index (χ1v) is 6.54. The maximum absolute atomic E-state index is 5.60. The maximum Gasteiger partial charge on any atom is 0.103 e. The monoisotopic (exact) mass is 248 g/mol. The van der Waals surface area contributed by atoms with E-state index in [-0.39, 0.29) is 0 Å². The molecule has 0 bridgehead atoms. The van der Waals surface area contributed by atoms with Gasteiger partial charge in [-0.25, -0.2) is 0 Å². The van der Waals surface area contributed by atoms with Gasteiger partial charge in [0, 0.05) is 24.3 Å². The quantitative estimate of drug-likeness (QED) is 0.816. The van der Waals surface area contributed by atoms with Crippen LogP contribution < -0.4 is 10.6 Å². The largest absolute Gasteiger partial charge is 0.389 e. The summed E-state index contributed by atoms with van der Waals surface area (Å²) in [5.41, 5.74) is 8.24. The van der Waals surface area contributed by atoms with E-state index in [2.05, 4.69) is 30.9 Å². The Kier molecular flexibility index (Phi) is 3.38. The van der Waals surface area contributed by atoms with Crippen LogP contribution in [0.2, 0.25) is 0 Å². The van der Waals surface area contributed by atoms with E-state index in [1.54, 1.807) is 0 Å². The lowest BCUT2D eigenvalue weighted by Crippen LogP contribution is -2.40. The lowest BCUT2D eigenvalue weighted by atomic mass is 9.84. The normalized spacial score (nSPS) is 19.1. The summed E-state index contributed by atoms with van der Waals surface area (Å²) >= 11 is 4.96. The average molecular weight is 248 g/mol. The molecule has 92 valence electrons. The van der Waals surface area contributed by atoms with Gasteiger partial charge in [0.25, 0.3) is 0 Å². The van der Waals surface area contributed by atoms with E-state index in [1.165, 1.54) is 18.5 Å². The van der Waals surface area contributed by atoms with Gasteiger partial charge in [-0.15, -0.1) is 0 Å². The van der Waals surface area contributed by atoms with Crippen molar-refractivity contribution >= 4 is 22.9 Å². The van der Waals surface area contributed by atoms with E-state index in [4.69, 9.17) is 18.0 Å². The standard InChI is InChI=1S/C14H20N2S/c1-14(2)8-3-9-16(10-14)12-6-4-11(5-7-12)13(15)17/h4-7H,3,8-10H2,1-2H3,(H2,15,17). The highest BCUT2D eigenvalue weighted by atomic mass is 32.1. The van der Waals surface area contributed by atoms with Crippen LogP contribution in [0.5, 0.6) is 0 Å². The van der Waals surface area contributed by atoms with E-state index in [9.17, 15) is 0 Å². The summed E-state index contributed by atoms with van der Waals surface area (Å²) in [4.78, 5) is 2.92. The van der Waals surface area contributed by atoms with Crippen LogP contribution in [-0.2, 0) is 0 Å². The minimum Gasteiger partial charge on any atom is -0.389 e. The van der Waals surface area contributed by atoms with E-state index >= 15 is 0 Å². The van der Waals surface area contributed by atoms with Gasteiger partial charge >= 0.3 is 0 Å². The van der Waals surface area contributed by atoms with Gasteiger partial charge < -0.3 is 10.6 Å². The number of nitrogens with two attached hydrogens (primary N) is 1. The van der Waals surface area contributed by atoms with E-state index < -0.39 is 0 Å². The molecule has 3 heteroatoms. The van der Waals surface area contributed by atoms with Gasteiger partial charge in [0.2, 0.25) is 0 Å². The summed E-state index contributed by atoms with van der Waals surface area (Å²) in [5.74, 6) is 0. The third kappa shape index (κ3) is 2.97. The number of benzene rings is 1. The number of nitrogens with zero attached hydrogens (tertiary/aromatic N) is 1. The van der Waals surface area contributed by atoms with Crippen LogP contribution in [0.15, 0.2) is 24.3 Å². The van der Waals surface area contributed by atoms with Gasteiger partial charge in [0.15, 0.2) is 0 Å². The first-order chi connectivity index (χ1) is 7.98. The number of rotatable bonds is 2. The van der Waals surface area contributed by atoms with Crippen molar-refractivity contribution in [1.29, 1.82) is 0 Å². The van der Waals surface area contributed by atoms with Crippen LogP contribution in [0, 0.1) is 5.41 Å². The van der Waals surface area contributed by atoms with Gasteiger partial charge in [-0.1, -0.05) is 26.1 Å². The van der Waals surface area contributed by atoms with Crippen molar-refractivity contribution in [2.24, 2.45) is 11.1 Å². The SMILES string of the molecule is CC1(C)CCCN(c2ccc(C(N)=S)cc2)C1. The Morgan fingerprint density at radius 3 is 2.47 bits per heavy atom. The molecule has 0 atom stereocenters. The molecule has 0 aliphatic carbocycles. The van der Waals surface area contributed by atoms with Crippen LogP contribution in [0.3, 0.4) is 0 Å². The smallest absolute Gasteiger partial charge is 0.103 e. The van der Waals surface area contributed by atoms with Crippen LogP contribution >= 0.6 is 12.2 Å². The Morgan fingerprint density at radius 2 is 1.94 bits per heavy atom. The number of piperidine rings is 1. The molecule has 0 unspecified atom stereocenters. The van der Waals surface area contributed by atoms with E-state index in [0.29, 0.717) is 10.4 Å². The van der Waals surface area contributed by atoms with Crippen LogP contribution in [0.25, 0.3) is 0 Å².